The summed E-state index contributed by atoms with van der Waals surface area (Å²) in [5, 5.41) is 3.14. The van der Waals surface area contributed by atoms with Crippen LogP contribution in [0.4, 0.5) is 0 Å². The molecule has 6 heteroatoms. The smallest absolute Gasteiger partial charge is 0.221 e. The van der Waals surface area contributed by atoms with E-state index in [1.54, 1.807) is 0 Å². The highest BCUT2D eigenvalue weighted by atomic mass is 32.2. The fourth-order valence-corrected chi connectivity index (χ4v) is 6.16. The Morgan fingerprint density at radius 2 is 1.92 bits per heavy atom. The lowest BCUT2D eigenvalue weighted by atomic mass is 9.79. The number of carbonyl (C=O) groups excluding carboxylic acids is 1. The van der Waals surface area contributed by atoms with Crippen LogP contribution >= 0.6 is 0 Å². The SMILES string of the molecule is CN(CCC(=O)NCC1(c2ccccc2)CCCC1)C1CCS(=O)(=O)C1. The number of benzene rings is 1. The zero-order valence-electron chi connectivity index (χ0n) is 15.6. The molecular weight excluding hydrogens is 348 g/mol. The lowest BCUT2D eigenvalue weighted by Gasteiger charge is -2.30. The lowest BCUT2D eigenvalue weighted by molar-refractivity contribution is -0.121. The van der Waals surface area contributed by atoms with Crippen LogP contribution in [0.1, 0.15) is 44.1 Å². The highest BCUT2D eigenvalue weighted by Gasteiger charge is 2.36. The van der Waals surface area contributed by atoms with Crippen molar-refractivity contribution in [2.24, 2.45) is 0 Å². The van der Waals surface area contributed by atoms with Crippen LogP contribution in [0.15, 0.2) is 30.3 Å². The second-order valence-electron chi connectivity index (χ2n) is 7.92. The molecule has 1 aliphatic heterocycles. The van der Waals surface area contributed by atoms with Gasteiger partial charge in [-0.05, 0) is 31.9 Å². The molecule has 1 aromatic carbocycles. The standard InChI is InChI=1S/C20H30N2O3S/c1-22(18-10-14-26(24,25)15-18)13-9-19(23)21-16-20(11-5-6-12-20)17-7-3-2-4-8-17/h2-4,7-8,18H,5-6,9-16H2,1H3,(H,21,23). The fourth-order valence-electron chi connectivity index (χ4n) is 4.35. The summed E-state index contributed by atoms with van der Waals surface area (Å²) in [6.45, 7) is 1.29. The number of rotatable bonds is 7. The van der Waals surface area contributed by atoms with E-state index >= 15 is 0 Å². The molecule has 3 rings (SSSR count). The van der Waals surface area contributed by atoms with E-state index in [9.17, 15) is 13.2 Å². The monoisotopic (exact) mass is 378 g/mol. The van der Waals surface area contributed by atoms with Crippen molar-refractivity contribution in [3.8, 4) is 0 Å². The van der Waals surface area contributed by atoms with Gasteiger partial charge in [-0.1, -0.05) is 43.2 Å². The summed E-state index contributed by atoms with van der Waals surface area (Å²) in [6.07, 6.45) is 5.76. The van der Waals surface area contributed by atoms with Crippen LogP contribution in [0.5, 0.6) is 0 Å². The highest BCUT2D eigenvalue weighted by molar-refractivity contribution is 7.91. The molecule has 0 spiro atoms. The van der Waals surface area contributed by atoms with Crippen LogP contribution in [-0.2, 0) is 20.0 Å². The fraction of sp³-hybridized carbons (Fsp3) is 0.650. The van der Waals surface area contributed by atoms with Gasteiger partial charge in [0.05, 0.1) is 11.5 Å². The molecule has 144 valence electrons. The number of nitrogens with one attached hydrogen (secondary N) is 1. The van der Waals surface area contributed by atoms with E-state index in [0.29, 0.717) is 25.9 Å². The van der Waals surface area contributed by atoms with Crippen molar-refractivity contribution >= 4 is 15.7 Å². The molecule has 0 aromatic heterocycles. The molecule has 1 aliphatic carbocycles. The van der Waals surface area contributed by atoms with E-state index in [0.717, 1.165) is 12.8 Å². The molecule has 1 N–H and O–H groups in total. The van der Waals surface area contributed by atoms with E-state index in [1.165, 1.54) is 18.4 Å². The van der Waals surface area contributed by atoms with Crippen molar-refractivity contribution in [2.75, 3.05) is 31.6 Å². The number of hydrogen-bond acceptors (Lipinski definition) is 4. The Hall–Kier alpha value is -1.40. The first-order valence-corrected chi connectivity index (χ1v) is 11.5. The van der Waals surface area contributed by atoms with Gasteiger partial charge in [-0.2, -0.15) is 0 Å². The summed E-state index contributed by atoms with van der Waals surface area (Å²) in [4.78, 5) is 14.4. The van der Waals surface area contributed by atoms with Crippen LogP contribution in [-0.4, -0.2) is 56.9 Å². The molecular formula is C20H30N2O3S. The van der Waals surface area contributed by atoms with E-state index in [2.05, 4.69) is 29.6 Å². The second kappa shape index (κ2) is 8.09. The van der Waals surface area contributed by atoms with E-state index in [-0.39, 0.29) is 28.9 Å². The van der Waals surface area contributed by atoms with Crippen LogP contribution < -0.4 is 5.32 Å². The third-order valence-corrected chi connectivity index (χ3v) is 7.84. The molecule has 1 aromatic rings. The number of amides is 1. The van der Waals surface area contributed by atoms with Gasteiger partial charge in [0.25, 0.3) is 0 Å². The minimum absolute atomic E-state index is 0.0540. The van der Waals surface area contributed by atoms with Gasteiger partial charge in [0.15, 0.2) is 9.84 Å². The third-order valence-electron chi connectivity index (χ3n) is 6.09. The molecule has 5 nitrogen and oxygen atoms in total. The van der Waals surface area contributed by atoms with Crippen LogP contribution in [0, 0.1) is 0 Å². The molecule has 1 amide bonds. The molecule has 1 saturated carbocycles. The summed E-state index contributed by atoms with van der Waals surface area (Å²) in [5.74, 6) is 0.552. The summed E-state index contributed by atoms with van der Waals surface area (Å²) < 4.78 is 23.2. The molecule has 1 atom stereocenters. The minimum Gasteiger partial charge on any atom is -0.355 e. The van der Waals surface area contributed by atoms with Gasteiger partial charge in [0, 0.05) is 31.0 Å². The predicted molar refractivity (Wildman–Crippen MR) is 104 cm³/mol. The third kappa shape index (κ3) is 4.65. The summed E-state index contributed by atoms with van der Waals surface area (Å²) >= 11 is 0. The average molecular weight is 379 g/mol. The molecule has 1 heterocycles. The van der Waals surface area contributed by atoms with Crippen molar-refractivity contribution in [3.63, 3.8) is 0 Å². The number of hydrogen-bond donors (Lipinski definition) is 1. The number of nitrogens with zero attached hydrogens (tertiary/aromatic N) is 1. The first-order valence-electron chi connectivity index (χ1n) is 9.63. The van der Waals surface area contributed by atoms with Gasteiger partial charge in [-0.3, -0.25) is 4.79 Å². The number of carbonyl (C=O) groups is 1. The molecule has 1 saturated heterocycles. The largest absolute Gasteiger partial charge is 0.355 e. The normalized spacial score (nSPS) is 24.0. The number of sulfone groups is 1. The Bertz CT molecular complexity index is 712. The maximum Gasteiger partial charge on any atom is 0.221 e. The zero-order valence-corrected chi connectivity index (χ0v) is 16.4. The quantitative estimate of drug-likeness (QED) is 0.789. The molecule has 1 unspecified atom stereocenters. The van der Waals surface area contributed by atoms with Crippen molar-refractivity contribution in [2.45, 2.75) is 50.0 Å². The molecule has 0 radical (unpaired) electrons. The Morgan fingerprint density at radius 1 is 1.23 bits per heavy atom. The second-order valence-corrected chi connectivity index (χ2v) is 10.1. The summed E-state index contributed by atoms with van der Waals surface area (Å²) in [5.41, 5.74) is 1.40. The highest BCUT2D eigenvalue weighted by Crippen LogP contribution is 2.40. The first-order chi connectivity index (χ1) is 12.4. The van der Waals surface area contributed by atoms with Crippen LogP contribution in [0.25, 0.3) is 0 Å². The Balaban J connectivity index is 1.49. The van der Waals surface area contributed by atoms with Gasteiger partial charge in [0.1, 0.15) is 0 Å². The van der Waals surface area contributed by atoms with E-state index in [4.69, 9.17) is 0 Å². The predicted octanol–water partition coefficient (Wildman–Crippen LogP) is 2.12. The van der Waals surface area contributed by atoms with Gasteiger partial charge in [0.2, 0.25) is 5.91 Å². The Morgan fingerprint density at radius 3 is 2.54 bits per heavy atom. The Kier molecular flexibility index (Phi) is 6.03. The van der Waals surface area contributed by atoms with Crippen molar-refractivity contribution in [3.05, 3.63) is 35.9 Å². The maximum atomic E-state index is 12.4. The molecule has 26 heavy (non-hydrogen) atoms. The van der Waals surface area contributed by atoms with Gasteiger partial charge >= 0.3 is 0 Å². The molecule has 0 bridgehead atoms. The van der Waals surface area contributed by atoms with Gasteiger partial charge < -0.3 is 10.2 Å². The topological polar surface area (TPSA) is 66.5 Å². The van der Waals surface area contributed by atoms with Crippen molar-refractivity contribution in [1.82, 2.24) is 10.2 Å². The van der Waals surface area contributed by atoms with Crippen LogP contribution in [0.3, 0.4) is 0 Å². The summed E-state index contributed by atoms with van der Waals surface area (Å²) in [6, 6.07) is 10.6. The zero-order chi connectivity index (χ0) is 18.6. The van der Waals surface area contributed by atoms with Crippen molar-refractivity contribution < 1.29 is 13.2 Å². The summed E-state index contributed by atoms with van der Waals surface area (Å²) in [7, 11) is -0.963. The molecule has 2 fully saturated rings. The van der Waals surface area contributed by atoms with E-state index in [1.807, 2.05) is 18.0 Å². The molecule has 2 aliphatic rings. The van der Waals surface area contributed by atoms with Crippen molar-refractivity contribution in [1.29, 1.82) is 0 Å². The van der Waals surface area contributed by atoms with Gasteiger partial charge in [-0.25, -0.2) is 8.42 Å². The van der Waals surface area contributed by atoms with E-state index < -0.39 is 9.84 Å². The minimum atomic E-state index is -2.88. The first kappa shape index (κ1) is 19.4. The Labute approximate surface area is 157 Å². The van der Waals surface area contributed by atoms with Gasteiger partial charge in [-0.15, -0.1) is 0 Å². The average Bonchev–Trinajstić information content (AvgIpc) is 3.26. The van der Waals surface area contributed by atoms with Crippen LogP contribution in [0.2, 0.25) is 0 Å². The lowest BCUT2D eigenvalue weighted by Crippen LogP contribution is -2.41. The maximum absolute atomic E-state index is 12.4.